The summed E-state index contributed by atoms with van der Waals surface area (Å²) >= 11 is 0. The first-order valence-electron chi connectivity index (χ1n) is 32.9. The quantitative estimate of drug-likeness (QED) is 0.0136. The molecule has 2 saturated heterocycles. The molecule has 96 heteroatoms. The Morgan fingerprint density at radius 2 is 0.575 bits per heavy atom. The van der Waals surface area contributed by atoms with E-state index < -0.39 is 329 Å². The molecular formula is C50H50N4Na14O64S14. The number of benzene rings is 4. The minimum atomic E-state index is -6.98. The van der Waals surface area contributed by atoms with Gasteiger partial charge in [0.2, 0.25) is 125 Å². The molecule has 146 heavy (non-hydrogen) atoms. The van der Waals surface area contributed by atoms with Gasteiger partial charge in [0, 0.05) is 35.8 Å². The molecule has 0 unspecified atom stereocenters. The Kier molecular flexibility index (Phi) is 81.4. The van der Waals surface area contributed by atoms with Gasteiger partial charge < -0.3 is 95.6 Å². The van der Waals surface area contributed by atoms with Gasteiger partial charge in [-0.05, 0) is 59.0 Å². The van der Waals surface area contributed by atoms with Gasteiger partial charge in [0.1, 0.15) is 73.2 Å². The maximum atomic E-state index is 15.6. The van der Waals surface area contributed by atoms with Crippen molar-refractivity contribution in [3.05, 3.63) is 119 Å². The number of amides is 4. The summed E-state index contributed by atoms with van der Waals surface area (Å²) in [6.07, 6.45) is -56.0. The minimum absolute atomic E-state index is 0. The fraction of sp³-hybridized carbons (Fsp3) is 0.480. The third-order valence-electron chi connectivity index (χ3n) is 16.2. The van der Waals surface area contributed by atoms with Gasteiger partial charge in [0.15, 0.2) is 12.2 Å². The summed E-state index contributed by atoms with van der Waals surface area (Å²) in [5.41, 5.74) is -2.50. The Bertz CT molecular complexity index is 6300. The number of hydrogen-bond donors (Lipinski definition) is 6. The van der Waals surface area contributed by atoms with Gasteiger partial charge in [0.05, 0.1) is 25.3 Å². The predicted molar refractivity (Wildman–Crippen MR) is 378 cm³/mol. The molecular weight excluding hydrogens is 2450 g/mol. The van der Waals surface area contributed by atoms with Crippen LogP contribution in [0.3, 0.4) is 0 Å². The molecule has 0 saturated carbocycles. The van der Waals surface area contributed by atoms with Crippen LogP contribution in [0.2, 0.25) is 0 Å². The van der Waals surface area contributed by atoms with E-state index in [9.17, 15) is 196 Å². The molecule has 4 aromatic carbocycles. The number of nitrogens with one attached hydrogen (secondary N) is 4. The van der Waals surface area contributed by atoms with Gasteiger partial charge >= 0.3 is 435 Å². The van der Waals surface area contributed by atoms with E-state index in [2.05, 4.69) is 58.6 Å². The maximum Gasteiger partial charge on any atom is 1.00 e. The summed E-state index contributed by atoms with van der Waals surface area (Å²) in [7, 11) is -93.9. The van der Waals surface area contributed by atoms with E-state index >= 15 is 10.2 Å². The summed E-state index contributed by atoms with van der Waals surface area (Å²) in [6, 6.07) is 8.80. The third-order valence-corrected chi connectivity index (χ3v) is 22.6. The van der Waals surface area contributed by atoms with Crippen molar-refractivity contribution in [1.29, 1.82) is 0 Å². The van der Waals surface area contributed by atoms with E-state index in [1.807, 2.05) is 0 Å². The molecule has 4 amide bonds. The van der Waals surface area contributed by atoms with Crippen LogP contribution in [0.5, 0.6) is 0 Å². The van der Waals surface area contributed by atoms with Crippen LogP contribution >= 0.6 is 0 Å². The Hall–Kier alpha value is 7.04. The molecule has 2 heterocycles. The summed E-state index contributed by atoms with van der Waals surface area (Å²) in [5, 5.41) is 36.5. The molecule has 18 atom stereocenters. The van der Waals surface area contributed by atoms with E-state index in [1.165, 1.54) is 22.8 Å². The van der Waals surface area contributed by atoms with Gasteiger partial charge in [-0.15, -0.1) is 0 Å². The second-order valence-electron chi connectivity index (χ2n) is 25.5. The number of fused-ring (bicyclic) bond motifs is 1. The van der Waals surface area contributed by atoms with Crippen molar-refractivity contribution >= 4 is 180 Å². The second-order valence-corrected chi connectivity index (χ2v) is 39.8. The smallest absolute Gasteiger partial charge is 0.827 e. The fourth-order valence-corrected chi connectivity index (χ4v) is 18.3. The molecule has 2 aliphatic heterocycles. The molecule has 2 fully saturated rings. The molecule has 4 aromatic rings. The number of rotatable bonds is 50. The monoisotopic (exact) mass is 2500 g/mol. The standard InChI is InChI=1S/C50H62N4O64S14.14Na/c55-45(53-43-39(115-129(91,92)93)33(109-123(73,74)75)29(105-49(43,59)17-23-7-3-1-4-8-23)19-51-47(57)41(117-131(97,98)99)37(113-127(85,86)87)35(111-125(79,80)81)31(107-121(67,68)69)21-103-119(61,62)63)27-13-11-26-16-28(14-12-25(26)15-27)46(56)54-44-40(116-130(94,95)96)34(110-124(76,77)78)30(106-50(44,60)18-24-9-5-2-6-10-24)20-52-48(58)42(118-132(100,101)102)38(114-128(88,89)90)36(112-126(82,83)84)32(108-122(70,71)72)22-104-120(64,65)66;;;;;;;;;;;;;;/h1-16,29-44H,17-22H2,(H,51,57)(H,52,58)(H,53,55)(H,54,56)(H,61,62,63)(H,64,65,66)(H,67,68,69)(H,70,71,72)(H,73,74,75)(H,76,77,78)(H,79,80,81)(H,82,83,84)(H,85,86,87)(H,88,89,90)(H,91,92,93)(H,94,95,96)(H,97,98,99)(H,100,101,102);;;;;;;;;;;;;;/q-2;14*+1/p-12/t29-,30-,31-,32-,33-,34-,35-,36-,37+,38+,39+,40+,41-,42-,43-,44-,49+,50+;;;;;;;;;;;;;;/m1............../s1. The molecule has 0 bridgehead atoms. The average molecular weight is 2500 g/mol. The van der Waals surface area contributed by atoms with Gasteiger partial charge in [-0.3, -0.25) is 78.5 Å². The van der Waals surface area contributed by atoms with Crippen molar-refractivity contribution in [2.75, 3.05) is 26.3 Å². The molecule has 68 nitrogen and oxygen atoms in total. The van der Waals surface area contributed by atoms with E-state index in [0.29, 0.717) is 24.3 Å². The topological polar surface area (TPSA) is 1110 Å². The zero-order valence-electron chi connectivity index (χ0n) is 76.6. The molecule has 0 spiro atoms. The van der Waals surface area contributed by atoms with Crippen LogP contribution in [0.4, 0.5) is 0 Å². The Morgan fingerprint density at radius 1 is 0.315 bits per heavy atom. The summed E-state index contributed by atoms with van der Waals surface area (Å²) in [4.78, 5) is 57.6. The van der Waals surface area contributed by atoms with E-state index in [1.54, 1.807) is 10.6 Å². The summed E-state index contributed by atoms with van der Waals surface area (Å²) in [5.74, 6) is -17.2. The molecule has 0 aliphatic carbocycles. The van der Waals surface area contributed by atoms with Crippen LogP contribution in [-0.2, 0) is 236 Å². The van der Waals surface area contributed by atoms with Gasteiger partial charge in [-0.2, -0.15) is 16.8 Å². The van der Waals surface area contributed by atoms with Crippen molar-refractivity contribution in [2.24, 2.45) is 0 Å². The Balaban J connectivity index is -0.00000192. The molecule has 0 radical (unpaired) electrons. The maximum absolute atomic E-state index is 15.6. The van der Waals surface area contributed by atoms with E-state index in [4.69, 9.17) is 14.0 Å². The largest absolute Gasteiger partial charge is 1.00 e. The van der Waals surface area contributed by atoms with Gasteiger partial charge in [-0.25, -0.2) is 109 Å². The van der Waals surface area contributed by atoms with Gasteiger partial charge in [-0.1, -0.05) is 72.8 Å². The first kappa shape index (κ1) is 171. The zero-order valence-corrected chi connectivity index (χ0v) is 116. The van der Waals surface area contributed by atoms with Crippen molar-refractivity contribution in [3.8, 4) is 0 Å². The Labute approximate surface area is 1140 Å². The molecule has 752 valence electrons. The number of carbonyl (C=O) groups excluding carboxylic acids is 4. The van der Waals surface area contributed by atoms with E-state index in [0.717, 1.165) is 60.7 Å². The van der Waals surface area contributed by atoms with Crippen LogP contribution in [0.15, 0.2) is 97.1 Å². The van der Waals surface area contributed by atoms with Crippen LogP contribution in [0.25, 0.3) is 10.8 Å². The predicted octanol–water partition coefficient (Wildman–Crippen LogP) is -57.5. The average Bonchev–Trinajstić information content (AvgIpc) is 0.746. The van der Waals surface area contributed by atoms with Crippen molar-refractivity contribution in [3.63, 3.8) is 0 Å². The number of carbonyl (C=O) groups is 4. The third kappa shape index (κ3) is 63.7. The fourth-order valence-electron chi connectivity index (χ4n) is 11.9. The van der Waals surface area contributed by atoms with Crippen LogP contribution in [0.1, 0.15) is 31.8 Å². The second kappa shape index (κ2) is 69.7. The number of ether oxygens (including phenoxy) is 2. The van der Waals surface area contributed by atoms with Gasteiger partial charge in [0.25, 0.3) is 23.6 Å². The van der Waals surface area contributed by atoms with Crippen LogP contribution in [0, 0.1) is 0 Å². The van der Waals surface area contributed by atoms with E-state index in [-0.39, 0.29) is 436 Å². The summed E-state index contributed by atoms with van der Waals surface area (Å²) in [6.45, 7) is -9.38. The zero-order chi connectivity index (χ0) is 101. The van der Waals surface area contributed by atoms with Crippen molar-refractivity contribution < 1.29 is 693 Å². The normalized spacial score (nSPS) is 21.2. The summed E-state index contributed by atoms with van der Waals surface area (Å²) < 4.78 is 570. The number of hydrogen-bond acceptors (Lipinski definition) is 62. The molecule has 6 N–H and O–H groups in total. The van der Waals surface area contributed by atoms with Crippen molar-refractivity contribution in [2.45, 2.75) is 122 Å². The molecule has 0 aromatic heterocycles. The molecule has 2 aliphatic rings. The Morgan fingerprint density at radius 3 is 0.829 bits per heavy atom. The first-order valence-corrected chi connectivity index (χ1v) is 51.6. The van der Waals surface area contributed by atoms with Crippen molar-refractivity contribution in [1.82, 2.24) is 21.3 Å². The minimum Gasteiger partial charge on any atom is -0.827 e. The SMILES string of the molecule is O=C(N[C@@H]1[C@@H](OS(=O)(=O)[O-])[C@H](OS(=O)(=O)[O-])[C@@H](CNC(=O)[C@H](OS(=O)(=O)[O-])[C@@H](OS(=O)(=O)[O-])[C@H](OS(=O)(=O)[O-])[C@@H](COS(=O)(=O)[O-])OS(=O)(=O)[O-])O[C@@]1([O-])Cc1ccccc1)c1ccc2cc(C(=O)N[C@@H]3[C@@H](OS(=O)(=O)[O-])[C@H](OS(=O)(=O)[O-])[C@@H](CNC(=O)[C@H](OS(=O)(=O)[O-])[C@@H](OS(=O)(=O)[O-])[C@H](OS(=O)(=O)[O-])[C@@H](COS(=O)(=O)O)OS(=O)(=O)O)O[C@@]3([O-])Cc3ccccc3)ccc2c1.[Na+].[Na+].[Na+].[Na+].[Na+].[Na+].[Na+].[Na+].[Na+].[Na+].[Na+].[Na+].[Na+].[Na+]. The van der Waals surface area contributed by atoms with Crippen LogP contribution < -0.4 is 445 Å². The molecule has 6 rings (SSSR count). The first-order chi connectivity index (χ1) is 59.4. The van der Waals surface area contributed by atoms with Crippen LogP contribution in [-0.4, -0.2) is 341 Å².